The maximum Gasteiger partial charge on any atom is 0.0749 e. The molecule has 0 saturated heterocycles. The highest BCUT2D eigenvalue weighted by molar-refractivity contribution is 5.81. The van der Waals surface area contributed by atoms with Gasteiger partial charge < -0.3 is 5.73 Å². The fourth-order valence-electron chi connectivity index (χ4n) is 2.20. The van der Waals surface area contributed by atoms with E-state index in [0.717, 1.165) is 22.9 Å². The molecule has 0 fully saturated rings. The van der Waals surface area contributed by atoms with Crippen molar-refractivity contribution >= 4 is 10.9 Å². The molecule has 0 aliphatic heterocycles. The molecule has 90 valence electrons. The summed E-state index contributed by atoms with van der Waals surface area (Å²) in [6.07, 6.45) is 2.79. The first-order valence-electron chi connectivity index (χ1n) is 6.06. The largest absolute Gasteiger partial charge is 0.324 e. The van der Waals surface area contributed by atoms with Crippen molar-refractivity contribution in [2.24, 2.45) is 11.1 Å². The monoisotopic (exact) mass is 228 g/mol. The van der Waals surface area contributed by atoms with Crippen LogP contribution >= 0.6 is 0 Å². The minimum atomic E-state index is 0.0496. The number of hydrogen-bond acceptors (Lipinski definition) is 2. The first-order chi connectivity index (χ1) is 7.97. The van der Waals surface area contributed by atoms with Gasteiger partial charge in [-0.1, -0.05) is 45.0 Å². The van der Waals surface area contributed by atoms with Gasteiger partial charge in [-0.3, -0.25) is 4.98 Å². The molecule has 1 aromatic heterocycles. The summed E-state index contributed by atoms with van der Waals surface area (Å²) in [5.74, 6) is 0. The maximum absolute atomic E-state index is 6.31. The van der Waals surface area contributed by atoms with Crippen LogP contribution in [-0.4, -0.2) is 4.98 Å². The summed E-state index contributed by atoms with van der Waals surface area (Å²) >= 11 is 0. The zero-order valence-corrected chi connectivity index (χ0v) is 10.8. The van der Waals surface area contributed by atoms with Gasteiger partial charge in [-0.05, 0) is 23.5 Å². The zero-order chi connectivity index (χ0) is 12.5. The van der Waals surface area contributed by atoms with Gasteiger partial charge in [0.05, 0.1) is 5.52 Å². The predicted octanol–water partition coefficient (Wildman–Crippen LogP) is 3.67. The Morgan fingerprint density at radius 1 is 1.18 bits per heavy atom. The first kappa shape index (κ1) is 12.1. The van der Waals surface area contributed by atoms with Crippen LogP contribution in [0.3, 0.4) is 0 Å². The topological polar surface area (TPSA) is 38.9 Å². The lowest BCUT2D eigenvalue weighted by Gasteiger charge is -2.23. The fraction of sp³-hybridized carbons (Fsp3) is 0.400. The van der Waals surface area contributed by atoms with Gasteiger partial charge in [0.25, 0.3) is 0 Å². The normalized spacial score (nSPS) is 13.9. The van der Waals surface area contributed by atoms with Crippen LogP contribution in [0.15, 0.2) is 36.5 Å². The van der Waals surface area contributed by atoms with E-state index in [1.807, 2.05) is 12.3 Å². The number of fused-ring (bicyclic) bond motifs is 1. The minimum Gasteiger partial charge on any atom is -0.324 e. The van der Waals surface area contributed by atoms with Crippen molar-refractivity contribution in [3.05, 3.63) is 42.1 Å². The van der Waals surface area contributed by atoms with Gasteiger partial charge in [0.1, 0.15) is 0 Å². The van der Waals surface area contributed by atoms with Gasteiger partial charge >= 0.3 is 0 Å². The molecule has 1 aromatic carbocycles. The predicted molar refractivity (Wildman–Crippen MR) is 72.7 cm³/mol. The smallest absolute Gasteiger partial charge is 0.0749 e. The molecule has 0 radical (unpaired) electrons. The third-order valence-electron chi connectivity index (χ3n) is 2.90. The molecule has 2 heteroatoms. The molecule has 2 nitrogen and oxygen atoms in total. The highest BCUT2D eigenvalue weighted by Gasteiger charge is 2.18. The second kappa shape index (κ2) is 4.46. The Hall–Kier alpha value is -1.41. The van der Waals surface area contributed by atoms with E-state index in [1.54, 1.807) is 0 Å². The summed E-state index contributed by atoms with van der Waals surface area (Å²) in [7, 11) is 0. The van der Waals surface area contributed by atoms with Crippen LogP contribution in [0.1, 0.15) is 38.8 Å². The van der Waals surface area contributed by atoms with Crippen molar-refractivity contribution in [3.63, 3.8) is 0 Å². The second-order valence-corrected chi connectivity index (χ2v) is 5.79. The van der Waals surface area contributed by atoms with Crippen LogP contribution in [0.25, 0.3) is 10.9 Å². The number of nitrogens with two attached hydrogens (primary N) is 1. The Balaban J connectivity index is 2.41. The summed E-state index contributed by atoms with van der Waals surface area (Å²) in [4.78, 5) is 4.45. The summed E-state index contributed by atoms with van der Waals surface area (Å²) in [6, 6.07) is 10.3. The quantitative estimate of drug-likeness (QED) is 0.851. The number of para-hydroxylation sites is 1. The number of pyridine rings is 1. The molecule has 2 rings (SSSR count). The molecule has 0 aliphatic rings. The van der Waals surface area contributed by atoms with Crippen LogP contribution in [0.5, 0.6) is 0 Å². The van der Waals surface area contributed by atoms with Crippen LogP contribution in [0.4, 0.5) is 0 Å². The minimum absolute atomic E-state index is 0.0496. The van der Waals surface area contributed by atoms with Gasteiger partial charge in [0.15, 0.2) is 0 Å². The number of rotatable bonds is 2. The Bertz CT molecular complexity index is 506. The molecule has 17 heavy (non-hydrogen) atoms. The fourth-order valence-corrected chi connectivity index (χ4v) is 2.20. The number of hydrogen-bond donors (Lipinski definition) is 1. The molecule has 2 N–H and O–H groups in total. The lowest BCUT2D eigenvalue weighted by Crippen LogP contribution is -2.19. The van der Waals surface area contributed by atoms with Crippen molar-refractivity contribution in [2.45, 2.75) is 33.2 Å². The van der Waals surface area contributed by atoms with Gasteiger partial charge in [0.2, 0.25) is 0 Å². The zero-order valence-electron chi connectivity index (χ0n) is 10.8. The average Bonchev–Trinajstić information content (AvgIpc) is 2.26. The summed E-state index contributed by atoms with van der Waals surface area (Å²) < 4.78 is 0. The van der Waals surface area contributed by atoms with Crippen LogP contribution in [0, 0.1) is 5.41 Å². The van der Waals surface area contributed by atoms with E-state index in [4.69, 9.17) is 5.73 Å². The van der Waals surface area contributed by atoms with E-state index in [2.05, 4.69) is 50.0 Å². The lowest BCUT2D eigenvalue weighted by molar-refractivity contribution is 0.343. The van der Waals surface area contributed by atoms with E-state index in [0.29, 0.717) is 0 Å². The van der Waals surface area contributed by atoms with E-state index in [1.165, 1.54) is 0 Å². The van der Waals surface area contributed by atoms with Gasteiger partial charge in [0, 0.05) is 17.6 Å². The lowest BCUT2D eigenvalue weighted by atomic mass is 9.85. The third kappa shape index (κ3) is 2.83. The van der Waals surface area contributed by atoms with Crippen molar-refractivity contribution < 1.29 is 0 Å². The Morgan fingerprint density at radius 3 is 2.59 bits per heavy atom. The number of aromatic nitrogens is 1. The third-order valence-corrected chi connectivity index (χ3v) is 2.90. The molecule has 1 atom stereocenters. The van der Waals surface area contributed by atoms with Crippen molar-refractivity contribution in [1.82, 2.24) is 4.98 Å². The van der Waals surface area contributed by atoms with E-state index in [-0.39, 0.29) is 11.5 Å². The molecular formula is C15H20N2. The summed E-state index contributed by atoms with van der Waals surface area (Å²) in [5.41, 5.74) is 8.72. The average molecular weight is 228 g/mol. The first-order valence-corrected chi connectivity index (χ1v) is 6.06. The molecule has 0 amide bonds. The van der Waals surface area contributed by atoms with E-state index < -0.39 is 0 Å². The molecule has 1 heterocycles. The molecule has 1 unspecified atom stereocenters. The molecule has 0 saturated carbocycles. The standard InChI is InChI=1S/C15H20N2/c1-15(2,3)10-13(16)12-8-4-6-11-7-5-9-17-14(11)12/h4-9,13H,10,16H2,1-3H3. The summed E-state index contributed by atoms with van der Waals surface area (Å²) in [6.45, 7) is 6.64. The van der Waals surface area contributed by atoms with Crippen LogP contribution in [0.2, 0.25) is 0 Å². The number of nitrogens with zero attached hydrogens (tertiary/aromatic N) is 1. The molecule has 2 aromatic rings. The van der Waals surface area contributed by atoms with E-state index in [9.17, 15) is 0 Å². The Kier molecular flexibility index (Phi) is 3.16. The van der Waals surface area contributed by atoms with Crippen LogP contribution in [-0.2, 0) is 0 Å². The molecule has 0 aliphatic carbocycles. The van der Waals surface area contributed by atoms with Gasteiger partial charge in [-0.2, -0.15) is 0 Å². The molecule has 0 bridgehead atoms. The summed E-state index contributed by atoms with van der Waals surface area (Å²) in [5, 5.41) is 1.16. The van der Waals surface area contributed by atoms with Crippen molar-refractivity contribution in [2.75, 3.05) is 0 Å². The Labute approximate surface area is 103 Å². The highest BCUT2D eigenvalue weighted by Crippen LogP contribution is 2.30. The second-order valence-electron chi connectivity index (χ2n) is 5.79. The number of benzene rings is 1. The van der Waals surface area contributed by atoms with Gasteiger partial charge in [-0.25, -0.2) is 0 Å². The maximum atomic E-state index is 6.31. The van der Waals surface area contributed by atoms with Gasteiger partial charge in [-0.15, -0.1) is 0 Å². The van der Waals surface area contributed by atoms with Crippen molar-refractivity contribution in [1.29, 1.82) is 0 Å². The highest BCUT2D eigenvalue weighted by atomic mass is 14.7. The molecular weight excluding hydrogens is 208 g/mol. The molecule has 0 spiro atoms. The SMILES string of the molecule is CC(C)(C)CC(N)c1cccc2cccnc12. The Morgan fingerprint density at radius 2 is 1.88 bits per heavy atom. The van der Waals surface area contributed by atoms with Crippen molar-refractivity contribution in [3.8, 4) is 0 Å². The van der Waals surface area contributed by atoms with Crippen LogP contribution < -0.4 is 5.73 Å². The van der Waals surface area contributed by atoms with E-state index >= 15 is 0 Å².